The third kappa shape index (κ3) is 4.12. The average Bonchev–Trinajstić information content (AvgIpc) is 1.99. The fourth-order valence-corrected chi connectivity index (χ4v) is 4.03. The first kappa shape index (κ1) is 16.0. The zero-order valence-electron chi connectivity index (χ0n) is 12.1. The minimum atomic E-state index is -1.20. The van der Waals surface area contributed by atoms with E-state index in [-0.39, 0.29) is 0 Å². The minimum Gasteiger partial charge on any atom is -0.550 e. The van der Waals surface area contributed by atoms with Crippen LogP contribution in [-0.4, -0.2) is 33.5 Å². The van der Waals surface area contributed by atoms with Crippen molar-refractivity contribution in [2.75, 3.05) is 0 Å². The van der Waals surface area contributed by atoms with Gasteiger partial charge in [0.1, 0.15) is 0 Å². The van der Waals surface area contributed by atoms with Crippen LogP contribution in [-0.2, 0) is 0 Å². The van der Waals surface area contributed by atoms with Crippen LogP contribution in [0.3, 0.4) is 0 Å². The predicted octanol–water partition coefficient (Wildman–Crippen LogP) is 4.29. The normalized spacial score (nSPS) is 12.9. The molecule has 0 spiro atoms. The number of hydrogen-bond donors (Lipinski definition) is 0. The molecule has 0 saturated heterocycles. The third-order valence-corrected chi connectivity index (χ3v) is 5.20. The van der Waals surface area contributed by atoms with Gasteiger partial charge >= 0.3 is 0 Å². The van der Waals surface area contributed by atoms with E-state index in [1.54, 1.807) is 0 Å². The maximum atomic E-state index is 10.6. The van der Waals surface area contributed by atoms with Gasteiger partial charge in [-0.15, -0.1) is 9.34 Å². The molecule has 0 aliphatic rings. The maximum absolute atomic E-state index is 10.6. The summed E-state index contributed by atoms with van der Waals surface area (Å²) >= 11 is 0. The maximum Gasteiger partial charge on any atom is 0.180 e. The monoisotopic (exact) mass is 245 g/mol. The zero-order chi connectivity index (χ0) is 13.0. The molecule has 3 nitrogen and oxygen atoms in total. The molecule has 0 radical (unpaired) electrons. The summed E-state index contributed by atoms with van der Waals surface area (Å²) in [5.41, 5.74) is 0. The molecule has 0 saturated carbocycles. The Morgan fingerprint density at radius 2 is 0.812 bits per heavy atom. The van der Waals surface area contributed by atoms with Crippen LogP contribution in [0.5, 0.6) is 0 Å². The van der Waals surface area contributed by atoms with Crippen molar-refractivity contribution in [3.63, 3.8) is 0 Å². The van der Waals surface area contributed by atoms with Gasteiger partial charge in [0.25, 0.3) is 0 Å². The van der Waals surface area contributed by atoms with Gasteiger partial charge in [0.2, 0.25) is 0 Å². The van der Waals surface area contributed by atoms with E-state index in [1.165, 1.54) is 0 Å². The Balaban J connectivity index is 4.96. The smallest absolute Gasteiger partial charge is 0.180 e. The SMILES string of the molecule is CC(C)N(C(C)C)[P+](=[N-])N(C(C)C)C(C)C. The van der Waals surface area contributed by atoms with E-state index in [4.69, 9.17) is 0 Å². The Morgan fingerprint density at radius 3 is 0.938 bits per heavy atom. The Bertz CT molecular complexity index is 186. The summed E-state index contributed by atoms with van der Waals surface area (Å²) in [7, 11) is -1.20. The van der Waals surface area contributed by atoms with Gasteiger partial charge in [0.05, 0.1) is 0 Å². The van der Waals surface area contributed by atoms with Crippen molar-refractivity contribution in [2.45, 2.75) is 79.6 Å². The molecule has 0 aromatic carbocycles. The van der Waals surface area contributed by atoms with Crippen LogP contribution in [0, 0.1) is 0 Å². The molecule has 96 valence electrons. The van der Waals surface area contributed by atoms with Crippen molar-refractivity contribution in [1.82, 2.24) is 9.34 Å². The largest absolute Gasteiger partial charge is 0.550 e. The van der Waals surface area contributed by atoms with Crippen LogP contribution < -0.4 is 0 Å². The molecule has 0 N–H and O–H groups in total. The van der Waals surface area contributed by atoms with Crippen LogP contribution in [0.1, 0.15) is 55.4 Å². The molecule has 0 heterocycles. The van der Waals surface area contributed by atoms with Crippen molar-refractivity contribution in [1.29, 1.82) is 0 Å². The van der Waals surface area contributed by atoms with Crippen molar-refractivity contribution < 1.29 is 0 Å². The lowest BCUT2D eigenvalue weighted by Crippen LogP contribution is -2.39. The standard InChI is InChI=1S/C12H28N3P/c1-9(2)14(10(3)4)16(13)15(11(5)6)12(7)8/h9-12H,1-8H3. The highest BCUT2D eigenvalue weighted by molar-refractivity contribution is 7.43. The molecule has 0 fully saturated rings. The topological polar surface area (TPSA) is 28.8 Å². The molecule has 0 rings (SSSR count). The van der Waals surface area contributed by atoms with E-state index in [1.807, 2.05) is 0 Å². The van der Waals surface area contributed by atoms with E-state index < -0.39 is 8.01 Å². The van der Waals surface area contributed by atoms with Crippen molar-refractivity contribution in [2.24, 2.45) is 0 Å². The summed E-state index contributed by atoms with van der Waals surface area (Å²) in [6.45, 7) is 17.1. The summed E-state index contributed by atoms with van der Waals surface area (Å²) in [6, 6.07) is 1.49. The van der Waals surface area contributed by atoms with Gasteiger partial charge in [-0.1, -0.05) is 0 Å². The predicted molar refractivity (Wildman–Crippen MR) is 74.5 cm³/mol. The second kappa shape index (κ2) is 6.68. The molecule has 0 atom stereocenters. The lowest BCUT2D eigenvalue weighted by Gasteiger charge is -2.34. The Hall–Kier alpha value is 0.0200. The van der Waals surface area contributed by atoms with E-state index in [0.29, 0.717) is 24.2 Å². The summed E-state index contributed by atoms with van der Waals surface area (Å²) in [4.78, 5) is 0. The van der Waals surface area contributed by atoms with E-state index in [9.17, 15) is 5.16 Å². The lowest BCUT2D eigenvalue weighted by molar-refractivity contribution is 0.264. The number of hydrogen-bond acceptors (Lipinski definition) is 0. The van der Waals surface area contributed by atoms with E-state index in [2.05, 4.69) is 64.7 Å². The fraction of sp³-hybridized carbons (Fsp3) is 1.00. The Labute approximate surface area is 103 Å². The van der Waals surface area contributed by atoms with Crippen LogP contribution in [0.4, 0.5) is 0 Å². The average molecular weight is 245 g/mol. The molecule has 4 heteroatoms. The van der Waals surface area contributed by atoms with Gasteiger partial charge in [0.15, 0.2) is 8.01 Å². The van der Waals surface area contributed by atoms with Gasteiger partial charge in [-0.2, -0.15) is 0 Å². The molecular weight excluding hydrogens is 217 g/mol. The highest BCUT2D eigenvalue weighted by Crippen LogP contribution is 2.40. The molecule has 0 aliphatic heterocycles. The molecule has 0 amide bonds. The molecular formula is C12H28N3P. The highest BCUT2D eigenvalue weighted by atomic mass is 31.1. The van der Waals surface area contributed by atoms with Crippen LogP contribution in [0.15, 0.2) is 0 Å². The van der Waals surface area contributed by atoms with Gasteiger partial charge < -0.3 is 5.16 Å². The highest BCUT2D eigenvalue weighted by Gasteiger charge is 2.32. The minimum absolute atomic E-state index is 0.371. The summed E-state index contributed by atoms with van der Waals surface area (Å²) < 4.78 is 4.41. The second-order valence-corrected chi connectivity index (χ2v) is 6.86. The molecule has 16 heavy (non-hydrogen) atoms. The Morgan fingerprint density at radius 1 is 0.625 bits per heavy atom. The summed E-state index contributed by atoms with van der Waals surface area (Å²) in [6.07, 6.45) is 0. The van der Waals surface area contributed by atoms with Gasteiger partial charge in [-0.05, 0) is 55.4 Å². The second-order valence-electron chi connectivity index (χ2n) is 5.40. The lowest BCUT2D eigenvalue weighted by atomic mass is 10.3. The van der Waals surface area contributed by atoms with Crippen LogP contribution in [0.25, 0.3) is 5.16 Å². The fourth-order valence-electron chi connectivity index (χ4n) is 2.14. The number of nitrogens with zero attached hydrogens (tertiary/aromatic N) is 3. The van der Waals surface area contributed by atoms with Gasteiger partial charge in [-0.25, -0.2) is 0 Å². The first-order valence-corrected chi connectivity index (χ1v) is 7.45. The van der Waals surface area contributed by atoms with Gasteiger partial charge in [0, 0.05) is 24.2 Å². The van der Waals surface area contributed by atoms with Crippen molar-refractivity contribution in [3.05, 3.63) is 5.16 Å². The third-order valence-electron chi connectivity index (χ3n) is 2.53. The Kier molecular flexibility index (Phi) is 6.69. The summed E-state index contributed by atoms with van der Waals surface area (Å²) in [5.74, 6) is 0. The van der Waals surface area contributed by atoms with E-state index in [0.717, 1.165) is 0 Å². The van der Waals surface area contributed by atoms with E-state index >= 15 is 0 Å². The number of rotatable bonds is 6. The molecule has 0 unspecified atom stereocenters. The first-order chi connectivity index (χ1) is 7.20. The van der Waals surface area contributed by atoms with Crippen LogP contribution in [0.2, 0.25) is 0 Å². The first-order valence-electron chi connectivity index (χ1n) is 6.25. The van der Waals surface area contributed by atoms with Crippen molar-refractivity contribution in [3.8, 4) is 0 Å². The van der Waals surface area contributed by atoms with Crippen LogP contribution >= 0.6 is 8.01 Å². The van der Waals surface area contributed by atoms with Gasteiger partial charge in [-0.3, -0.25) is 0 Å². The molecule has 0 aromatic heterocycles. The zero-order valence-corrected chi connectivity index (χ0v) is 13.0. The van der Waals surface area contributed by atoms with Crippen molar-refractivity contribution >= 4 is 8.01 Å². The quantitative estimate of drug-likeness (QED) is 0.653. The molecule has 0 aliphatic carbocycles. The molecule has 0 aromatic rings. The summed E-state index contributed by atoms with van der Waals surface area (Å²) in [5, 5.41) is 10.6. The molecule has 0 bridgehead atoms.